The predicted molar refractivity (Wildman–Crippen MR) is 63.7 cm³/mol. The van der Waals surface area contributed by atoms with Crippen LogP contribution in [0.25, 0.3) is 0 Å². The molecule has 1 unspecified atom stereocenters. The minimum absolute atomic E-state index is 0.00500. The Hall–Kier alpha value is -0.810. The molecule has 17 heavy (non-hydrogen) atoms. The first-order valence-electron chi connectivity index (χ1n) is 5.43. The average Bonchev–Trinajstić information content (AvgIpc) is 3.07. The summed E-state index contributed by atoms with van der Waals surface area (Å²) in [6, 6.07) is 2.02. The van der Waals surface area contributed by atoms with Gasteiger partial charge in [0.15, 0.2) is 11.6 Å². The molecule has 2 N–H and O–H groups in total. The minimum atomic E-state index is -0.849. The van der Waals surface area contributed by atoms with Crippen molar-refractivity contribution in [2.45, 2.75) is 25.3 Å². The van der Waals surface area contributed by atoms with E-state index in [1.807, 2.05) is 0 Å². The third-order valence-electron chi connectivity index (χ3n) is 2.97. The Kier molecular flexibility index (Phi) is 3.58. The molecule has 5 heteroatoms. The van der Waals surface area contributed by atoms with Crippen molar-refractivity contribution in [1.29, 1.82) is 0 Å². The third-order valence-corrected chi connectivity index (χ3v) is 3.58. The Labute approximate surface area is 106 Å². The number of hydrogen-bond donors (Lipinski definition) is 1. The van der Waals surface area contributed by atoms with Gasteiger partial charge in [-0.1, -0.05) is 0 Å². The van der Waals surface area contributed by atoms with E-state index in [9.17, 15) is 13.6 Å². The molecule has 1 saturated carbocycles. The molecule has 0 bridgehead atoms. The van der Waals surface area contributed by atoms with E-state index in [0.29, 0.717) is 5.92 Å². The second-order valence-electron chi connectivity index (χ2n) is 4.35. The van der Waals surface area contributed by atoms with Crippen LogP contribution in [0.1, 0.15) is 29.6 Å². The van der Waals surface area contributed by atoms with Gasteiger partial charge in [-0.05, 0) is 46.8 Å². The minimum Gasteiger partial charge on any atom is -0.327 e. The number of benzene rings is 1. The second kappa shape index (κ2) is 4.82. The van der Waals surface area contributed by atoms with Gasteiger partial charge in [-0.3, -0.25) is 4.79 Å². The quantitative estimate of drug-likeness (QED) is 0.686. The van der Waals surface area contributed by atoms with Gasteiger partial charge < -0.3 is 5.73 Å². The molecule has 92 valence electrons. The summed E-state index contributed by atoms with van der Waals surface area (Å²) < 4.78 is 27.1. The van der Waals surface area contributed by atoms with Crippen molar-refractivity contribution < 1.29 is 13.6 Å². The van der Waals surface area contributed by atoms with E-state index in [1.54, 1.807) is 0 Å². The second-order valence-corrected chi connectivity index (χ2v) is 5.20. The number of ketones is 1. The van der Waals surface area contributed by atoms with Gasteiger partial charge in [0, 0.05) is 12.5 Å². The first-order chi connectivity index (χ1) is 8.00. The van der Waals surface area contributed by atoms with E-state index in [2.05, 4.69) is 15.9 Å². The smallest absolute Gasteiger partial charge is 0.170 e. The molecule has 1 atom stereocenters. The van der Waals surface area contributed by atoms with Gasteiger partial charge >= 0.3 is 0 Å². The lowest BCUT2D eigenvalue weighted by molar-refractivity contribution is 0.0963. The average molecular weight is 304 g/mol. The number of carbonyl (C=O) groups is 1. The summed E-state index contributed by atoms with van der Waals surface area (Å²) in [7, 11) is 0. The van der Waals surface area contributed by atoms with E-state index in [4.69, 9.17) is 5.73 Å². The summed E-state index contributed by atoms with van der Waals surface area (Å²) in [4.78, 5) is 11.8. The van der Waals surface area contributed by atoms with Gasteiger partial charge in [0.1, 0.15) is 5.82 Å². The van der Waals surface area contributed by atoms with E-state index in [0.717, 1.165) is 18.9 Å². The highest BCUT2D eigenvalue weighted by Crippen LogP contribution is 2.33. The van der Waals surface area contributed by atoms with Crippen molar-refractivity contribution in [2.75, 3.05) is 0 Å². The summed E-state index contributed by atoms with van der Waals surface area (Å²) in [6.45, 7) is 0. The molecule has 0 amide bonds. The van der Waals surface area contributed by atoms with Gasteiger partial charge in [-0.25, -0.2) is 8.78 Å². The number of carbonyl (C=O) groups excluding carboxylic acids is 1. The molecule has 0 heterocycles. The van der Waals surface area contributed by atoms with Crippen molar-refractivity contribution in [3.63, 3.8) is 0 Å². The third kappa shape index (κ3) is 2.72. The highest BCUT2D eigenvalue weighted by molar-refractivity contribution is 9.10. The van der Waals surface area contributed by atoms with Crippen LogP contribution >= 0.6 is 15.9 Å². The Morgan fingerprint density at radius 2 is 2.12 bits per heavy atom. The lowest BCUT2D eigenvalue weighted by Gasteiger charge is -2.10. The molecule has 0 radical (unpaired) electrons. The molecule has 0 spiro atoms. The fourth-order valence-corrected chi connectivity index (χ4v) is 2.12. The van der Waals surface area contributed by atoms with Crippen molar-refractivity contribution in [2.24, 2.45) is 11.7 Å². The normalized spacial score (nSPS) is 16.9. The number of nitrogens with two attached hydrogens (primary N) is 1. The Morgan fingerprint density at radius 3 is 2.71 bits per heavy atom. The zero-order chi connectivity index (χ0) is 12.6. The fraction of sp³-hybridized carbons (Fsp3) is 0.417. The van der Waals surface area contributed by atoms with Gasteiger partial charge in [-0.15, -0.1) is 0 Å². The lowest BCUT2D eigenvalue weighted by atomic mass is 10.0. The summed E-state index contributed by atoms with van der Waals surface area (Å²) in [5.74, 6) is -1.92. The van der Waals surface area contributed by atoms with Crippen molar-refractivity contribution in [1.82, 2.24) is 0 Å². The molecule has 0 aliphatic heterocycles. The SMILES string of the molecule is NC(CC(=O)c1c(F)ccc(Br)c1F)C1CC1. The van der Waals surface area contributed by atoms with E-state index >= 15 is 0 Å². The number of hydrogen-bond acceptors (Lipinski definition) is 2. The largest absolute Gasteiger partial charge is 0.327 e. The van der Waals surface area contributed by atoms with Gasteiger partial charge in [0.2, 0.25) is 0 Å². The van der Waals surface area contributed by atoms with E-state index in [1.165, 1.54) is 6.07 Å². The monoisotopic (exact) mass is 303 g/mol. The Bertz CT molecular complexity index is 460. The maximum Gasteiger partial charge on any atom is 0.170 e. The maximum atomic E-state index is 13.6. The molecule has 2 nitrogen and oxygen atoms in total. The van der Waals surface area contributed by atoms with Crippen LogP contribution in [-0.2, 0) is 0 Å². The summed E-state index contributed by atoms with van der Waals surface area (Å²) >= 11 is 2.93. The van der Waals surface area contributed by atoms with E-state index in [-0.39, 0.29) is 16.9 Å². The zero-order valence-electron chi connectivity index (χ0n) is 9.05. The van der Waals surface area contributed by atoms with Gasteiger partial charge in [0.25, 0.3) is 0 Å². The Balaban J connectivity index is 2.20. The zero-order valence-corrected chi connectivity index (χ0v) is 10.6. The first kappa shape index (κ1) is 12.6. The predicted octanol–water partition coefficient (Wildman–Crippen LogP) is 3.04. The standard InChI is InChI=1S/C12H12BrF2NO/c13-7-3-4-8(14)11(12(7)15)10(17)5-9(16)6-1-2-6/h3-4,6,9H,1-2,5,16H2. The van der Waals surface area contributed by atoms with E-state index < -0.39 is 23.0 Å². The van der Waals surface area contributed by atoms with Crippen LogP contribution in [0.3, 0.4) is 0 Å². The summed E-state index contributed by atoms with van der Waals surface area (Å²) in [6.07, 6.45) is 1.99. The van der Waals surface area contributed by atoms with Crippen LogP contribution < -0.4 is 5.73 Å². The lowest BCUT2D eigenvalue weighted by Crippen LogP contribution is -2.26. The van der Waals surface area contributed by atoms with Crippen LogP contribution in [0, 0.1) is 17.6 Å². The molecule has 0 saturated heterocycles. The van der Waals surface area contributed by atoms with Crippen LogP contribution in [0.4, 0.5) is 8.78 Å². The summed E-state index contributed by atoms with van der Waals surface area (Å²) in [5.41, 5.74) is 5.29. The summed E-state index contributed by atoms with van der Waals surface area (Å²) in [5, 5.41) is 0. The van der Waals surface area contributed by atoms with Crippen molar-refractivity contribution in [3.8, 4) is 0 Å². The van der Waals surface area contributed by atoms with Crippen molar-refractivity contribution >= 4 is 21.7 Å². The van der Waals surface area contributed by atoms with Crippen molar-refractivity contribution in [3.05, 3.63) is 33.8 Å². The van der Waals surface area contributed by atoms with Gasteiger partial charge in [-0.2, -0.15) is 0 Å². The number of halogens is 3. The molecular formula is C12H12BrF2NO. The maximum absolute atomic E-state index is 13.6. The van der Waals surface area contributed by atoms with Crippen LogP contribution in [-0.4, -0.2) is 11.8 Å². The number of rotatable bonds is 4. The highest BCUT2D eigenvalue weighted by Gasteiger charge is 2.31. The fourth-order valence-electron chi connectivity index (χ4n) is 1.79. The highest BCUT2D eigenvalue weighted by atomic mass is 79.9. The van der Waals surface area contributed by atoms with Crippen LogP contribution in [0.2, 0.25) is 0 Å². The number of Topliss-reactive ketones (excluding diaryl/α,β-unsaturated/α-hetero) is 1. The van der Waals surface area contributed by atoms with Gasteiger partial charge in [0.05, 0.1) is 10.0 Å². The molecule has 2 rings (SSSR count). The topological polar surface area (TPSA) is 43.1 Å². The molecule has 1 fully saturated rings. The Morgan fingerprint density at radius 1 is 1.47 bits per heavy atom. The molecule has 1 aliphatic rings. The van der Waals surface area contributed by atoms with Crippen LogP contribution in [0.5, 0.6) is 0 Å². The first-order valence-corrected chi connectivity index (χ1v) is 6.22. The molecule has 1 aromatic rings. The van der Waals surface area contributed by atoms with Crippen LogP contribution in [0.15, 0.2) is 16.6 Å². The molecule has 1 aromatic carbocycles. The molecule has 0 aromatic heterocycles. The molecule has 1 aliphatic carbocycles. The molecular weight excluding hydrogens is 292 g/mol.